The quantitative estimate of drug-likeness (QED) is 0.716. The van der Waals surface area contributed by atoms with Gasteiger partial charge in [0.2, 0.25) is 0 Å². The summed E-state index contributed by atoms with van der Waals surface area (Å²) < 4.78 is 1.96. The molecule has 1 unspecified atom stereocenters. The summed E-state index contributed by atoms with van der Waals surface area (Å²) in [4.78, 5) is 22.6. The number of rotatable bonds is 4. The SMILES string of the molecule is Cc1nccn1-c1cncc(N2CCN(C(C)c3nccs3)CC2)n1. The van der Waals surface area contributed by atoms with Gasteiger partial charge >= 0.3 is 0 Å². The fourth-order valence-corrected chi connectivity index (χ4v) is 3.90. The molecule has 4 heterocycles. The molecule has 0 spiro atoms. The number of hydrogen-bond donors (Lipinski definition) is 0. The first kappa shape index (κ1) is 16.2. The molecule has 130 valence electrons. The summed E-state index contributed by atoms with van der Waals surface area (Å²) in [5.41, 5.74) is 0. The zero-order valence-electron chi connectivity index (χ0n) is 14.4. The van der Waals surface area contributed by atoms with Crippen LogP contribution in [0.1, 0.15) is 23.8 Å². The molecule has 0 radical (unpaired) electrons. The first-order valence-electron chi connectivity index (χ1n) is 8.43. The number of piperazine rings is 1. The van der Waals surface area contributed by atoms with E-state index in [1.54, 1.807) is 23.7 Å². The lowest BCUT2D eigenvalue weighted by Crippen LogP contribution is -2.47. The van der Waals surface area contributed by atoms with Gasteiger partial charge in [-0.05, 0) is 13.8 Å². The molecule has 1 aliphatic heterocycles. The third-order valence-corrected chi connectivity index (χ3v) is 5.62. The van der Waals surface area contributed by atoms with Crippen LogP contribution >= 0.6 is 11.3 Å². The molecular formula is C17H21N7S. The van der Waals surface area contributed by atoms with Crippen molar-refractivity contribution in [1.82, 2.24) is 29.4 Å². The molecule has 25 heavy (non-hydrogen) atoms. The van der Waals surface area contributed by atoms with E-state index in [2.05, 4.69) is 31.7 Å². The second-order valence-corrected chi connectivity index (χ2v) is 7.08. The molecule has 0 N–H and O–H groups in total. The Morgan fingerprint density at radius 3 is 2.52 bits per heavy atom. The van der Waals surface area contributed by atoms with Crippen molar-refractivity contribution in [2.45, 2.75) is 19.9 Å². The molecule has 1 atom stereocenters. The lowest BCUT2D eigenvalue weighted by Gasteiger charge is -2.37. The Morgan fingerprint density at radius 1 is 1.04 bits per heavy atom. The lowest BCUT2D eigenvalue weighted by atomic mass is 10.2. The molecule has 1 aliphatic rings. The highest BCUT2D eigenvalue weighted by molar-refractivity contribution is 7.09. The van der Waals surface area contributed by atoms with Crippen LogP contribution in [-0.4, -0.2) is 55.6 Å². The Kier molecular flexibility index (Phi) is 4.46. The number of thiazole rings is 1. The average Bonchev–Trinajstić information content (AvgIpc) is 3.33. The molecule has 4 rings (SSSR count). The molecule has 0 amide bonds. The van der Waals surface area contributed by atoms with Gasteiger partial charge in [0.25, 0.3) is 0 Å². The van der Waals surface area contributed by atoms with E-state index in [0.717, 1.165) is 43.6 Å². The van der Waals surface area contributed by atoms with Crippen LogP contribution in [0.2, 0.25) is 0 Å². The van der Waals surface area contributed by atoms with Crippen molar-refractivity contribution >= 4 is 17.2 Å². The third-order valence-electron chi connectivity index (χ3n) is 4.68. The van der Waals surface area contributed by atoms with Crippen molar-refractivity contribution in [3.05, 3.63) is 47.2 Å². The monoisotopic (exact) mass is 355 g/mol. The van der Waals surface area contributed by atoms with Crippen LogP contribution in [0.3, 0.4) is 0 Å². The summed E-state index contributed by atoms with van der Waals surface area (Å²) in [6.45, 7) is 8.07. The van der Waals surface area contributed by atoms with E-state index < -0.39 is 0 Å². The van der Waals surface area contributed by atoms with Gasteiger partial charge in [0.05, 0.1) is 18.4 Å². The summed E-state index contributed by atoms with van der Waals surface area (Å²) in [6.07, 6.45) is 9.19. The zero-order chi connectivity index (χ0) is 17.2. The summed E-state index contributed by atoms with van der Waals surface area (Å²) in [5.74, 6) is 2.65. The van der Waals surface area contributed by atoms with Gasteiger partial charge in [-0.2, -0.15) is 0 Å². The van der Waals surface area contributed by atoms with Crippen molar-refractivity contribution in [2.24, 2.45) is 0 Å². The van der Waals surface area contributed by atoms with Crippen LogP contribution in [0.5, 0.6) is 0 Å². The molecule has 0 aliphatic carbocycles. The van der Waals surface area contributed by atoms with Gasteiger partial charge in [-0.25, -0.2) is 15.0 Å². The van der Waals surface area contributed by atoms with Crippen molar-refractivity contribution in [1.29, 1.82) is 0 Å². The Balaban J connectivity index is 1.45. The molecule has 7 nitrogen and oxygen atoms in total. The third kappa shape index (κ3) is 3.27. The van der Waals surface area contributed by atoms with Crippen molar-refractivity contribution in [3.8, 4) is 5.82 Å². The lowest BCUT2D eigenvalue weighted by molar-refractivity contribution is 0.198. The smallest absolute Gasteiger partial charge is 0.159 e. The second kappa shape index (κ2) is 6.89. The Morgan fingerprint density at radius 2 is 1.84 bits per heavy atom. The molecule has 0 aromatic carbocycles. The van der Waals surface area contributed by atoms with E-state index in [1.807, 2.05) is 35.5 Å². The predicted octanol–water partition coefficient (Wildman–Crippen LogP) is 2.31. The van der Waals surface area contributed by atoms with Crippen LogP contribution in [0, 0.1) is 6.92 Å². The molecular weight excluding hydrogens is 334 g/mol. The van der Waals surface area contributed by atoms with Crippen LogP contribution in [0.25, 0.3) is 5.82 Å². The van der Waals surface area contributed by atoms with Gasteiger partial charge in [-0.1, -0.05) is 0 Å². The summed E-state index contributed by atoms with van der Waals surface area (Å²) in [7, 11) is 0. The van der Waals surface area contributed by atoms with E-state index in [0.29, 0.717) is 6.04 Å². The van der Waals surface area contributed by atoms with Crippen LogP contribution in [0.4, 0.5) is 5.82 Å². The zero-order valence-corrected chi connectivity index (χ0v) is 15.2. The minimum atomic E-state index is 0.369. The first-order chi connectivity index (χ1) is 12.2. The predicted molar refractivity (Wildman–Crippen MR) is 98.2 cm³/mol. The fraction of sp³-hybridized carbons (Fsp3) is 0.412. The van der Waals surface area contributed by atoms with Gasteiger partial charge in [0, 0.05) is 50.1 Å². The van der Waals surface area contributed by atoms with Gasteiger partial charge in [0.15, 0.2) is 5.82 Å². The van der Waals surface area contributed by atoms with Crippen molar-refractivity contribution in [2.75, 3.05) is 31.1 Å². The molecule has 1 fully saturated rings. The van der Waals surface area contributed by atoms with E-state index in [9.17, 15) is 0 Å². The maximum Gasteiger partial charge on any atom is 0.159 e. The van der Waals surface area contributed by atoms with E-state index in [1.165, 1.54) is 5.01 Å². The number of aromatic nitrogens is 5. The normalized spacial score (nSPS) is 17.0. The Bertz CT molecular complexity index is 821. The molecule has 3 aromatic rings. The summed E-state index contributed by atoms with van der Waals surface area (Å²) in [5, 5.41) is 3.23. The molecule has 0 bridgehead atoms. The Hall–Kier alpha value is -2.32. The van der Waals surface area contributed by atoms with Gasteiger partial charge in [-0.15, -0.1) is 11.3 Å². The summed E-state index contributed by atoms with van der Waals surface area (Å²) >= 11 is 1.73. The average molecular weight is 355 g/mol. The minimum Gasteiger partial charge on any atom is -0.353 e. The van der Waals surface area contributed by atoms with Crippen LogP contribution < -0.4 is 4.90 Å². The molecule has 1 saturated heterocycles. The number of anilines is 1. The molecule has 0 saturated carbocycles. The van der Waals surface area contributed by atoms with Gasteiger partial charge in [0.1, 0.15) is 16.6 Å². The maximum absolute atomic E-state index is 4.78. The van der Waals surface area contributed by atoms with Crippen LogP contribution in [0.15, 0.2) is 36.4 Å². The topological polar surface area (TPSA) is 63.0 Å². The molecule has 8 heteroatoms. The van der Waals surface area contributed by atoms with Gasteiger partial charge in [-0.3, -0.25) is 14.5 Å². The van der Waals surface area contributed by atoms with Crippen molar-refractivity contribution < 1.29 is 0 Å². The largest absolute Gasteiger partial charge is 0.353 e. The summed E-state index contributed by atoms with van der Waals surface area (Å²) in [6, 6.07) is 0.369. The highest BCUT2D eigenvalue weighted by Gasteiger charge is 2.24. The van der Waals surface area contributed by atoms with E-state index in [4.69, 9.17) is 4.98 Å². The van der Waals surface area contributed by atoms with E-state index in [-0.39, 0.29) is 0 Å². The minimum absolute atomic E-state index is 0.369. The number of hydrogen-bond acceptors (Lipinski definition) is 7. The van der Waals surface area contributed by atoms with E-state index >= 15 is 0 Å². The molecule has 3 aromatic heterocycles. The number of aryl methyl sites for hydroxylation is 1. The Labute approximate surface area is 151 Å². The number of imidazole rings is 1. The second-order valence-electron chi connectivity index (χ2n) is 6.15. The van der Waals surface area contributed by atoms with Crippen LogP contribution in [-0.2, 0) is 0 Å². The highest BCUT2D eigenvalue weighted by Crippen LogP contribution is 2.24. The van der Waals surface area contributed by atoms with Crippen molar-refractivity contribution in [3.63, 3.8) is 0 Å². The standard InChI is InChI=1S/C17H21N7S/c1-13(17-20-4-10-25-17)22-6-8-23(9-7-22)15-11-18-12-16(21-15)24-5-3-19-14(24)2/h3-5,10-13H,6-9H2,1-2H3. The van der Waals surface area contributed by atoms with Gasteiger partial charge < -0.3 is 4.90 Å². The first-order valence-corrected chi connectivity index (χ1v) is 9.31. The fourth-order valence-electron chi connectivity index (χ4n) is 3.17. The number of nitrogens with zero attached hydrogens (tertiary/aromatic N) is 7. The maximum atomic E-state index is 4.78. The highest BCUT2D eigenvalue weighted by atomic mass is 32.1.